The van der Waals surface area contributed by atoms with Crippen molar-refractivity contribution in [2.24, 2.45) is 5.16 Å². The summed E-state index contributed by atoms with van der Waals surface area (Å²) >= 11 is 3.37. The fraction of sp³-hybridized carbons (Fsp3) is 0.167. The van der Waals surface area contributed by atoms with Crippen LogP contribution in [0.25, 0.3) is 11.0 Å². The van der Waals surface area contributed by atoms with Gasteiger partial charge in [0.15, 0.2) is 5.76 Å². The molecule has 0 spiro atoms. The molecule has 0 radical (unpaired) electrons. The maximum absolute atomic E-state index is 10.3. The van der Waals surface area contributed by atoms with Gasteiger partial charge in [0, 0.05) is 9.86 Å². The second-order valence-corrected chi connectivity index (χ2v) is 4.55. The average Bonchev–Trinajstić information content (AvgIpc) is 2.71. The molecule has 0 fully saturated rings. The monoisotopic (exact) mass is 311 g/mol. The second-order valence-electron chi connectivity index (χ2n) is 3.64. The minimum atomic E-state index is -1.07. The van der Waals surface area contributed by atoms with Crippen molar-refractivity contribution in [3.8, 4) is 0 Å². The van der Waals surface area contributed by atoms with E-state index in [0.29, 0.717) is 11.5 Å². The van der Waals surface area contributed by atoms with E-state index in [9.17, 15) is 4.79 Å². The van der Waals surface area contributed by atoms with Crippen LogP contribution >= 0.6 is 15.9 Å². The first kappa shape index (κ1) is 12.6. The van der Waals surface area contributed by atoms with Crippen LogP contribution < -0.4 is 0 Å². The normalized spacial score (nSPS) is 11.8. The number of aliphatic carboxylic acids is 1. The molecule has 0 saturated carbocycles. The van der Waals surface area contributed by atoms with E-state index >= 15 is 0 Å². The van der Waals surface area contributed by atoms with Crippen LogP contribution in [0.2, 0.25) is 0 Å². The molecule has 1 heterocycles. The Morgan fingerprint density at radius 1 is 1.50 bits per heavy atom. The van der Waals surface area contributed by atoms with Crippen LogP contribution in [-0.2, 0) is 9.63 Å². The third-order valence-corrected chi connectivity index (χ3v) is 2.72. The number of oxime groups is 1. The fourth-order valence-electron chi connectivity index (χ4n) is 1.42. The van der Waals surface area contributed by atoms with E-state index in [2.05, 4.69) is 25.9 Å². The van der Waals surface area contributed by atoms with Gasteiger partial charge in [-0.2, -0.15) is 0 Å². The number of furan rings is 1. The third kappa shape index (κ3) is 2.89. The van der Waals surface area contributed by atoms with Gasteiger partial charge in [-0.15, -0.1) is 0 Å². The topological polar surface area (TPSA) is 72.0 Å². The Labute approximate surface area is 111 Å². The number of nitrogens with zero attached hydrogens (tertiary/aromatic N) is 1. The first-order chi connectivity index (χ1) is 8.56. The maximum atomic E-state index is 10.3. The summed E-state index contributed by atoms with van der Waals surface area (Å²) in [4.78, 5) is 14.9. The molecule has 2 aromatic rings. The number of carboxylic acid groups (broad SMARTS) is 1. The number of hydrogen-bond acceptors (Lipinski definition) is 4. The number of benzene rings is 1. The van der Waals surface area contributed by atoms with Gasteiger partial charge in [0.1, 0.15) is 11.3 Å². The molecule has 0 aliphatic carbocycles. The lowest BCUT2D eigenvalue weighted by molar-refractivity contribution is -0.142. The quantitative estimate of drug-likeness (QED) is 0.696. The molecular weight excluding hydrogens is 302 g/mol. The largest absolute Gasteiger partial charge is 0.479 e. The number of rotatable bonds is 4. The van der Waals surface area contributed by atoms with Crippen molar-refractivity contribution in [1.29, 1.82) is 0 Å². The van der Waals surface area contributed by atoms with E-state index in [1.54, 1.807) is 6.92 Å². The molecule has 0 aliphatic rings. The number of fused-ring (bicyclic) bond motifs is 1. The minimum Gasteiger partial charge on any atom is -0.479 e. The molecule has 18 heavy (non-hydrogen) atoms. The lowest BCUT2D eigenvalue weighted by atomic mass is 10.2. The predicted octanol–water partition coefficient (Wildman–Crippen LogP) is 3.02. The Morgan fingerprint density at radius 2 is 2.28 bits per heavy atom. The summed E-state index contributed by atoms with van der Waals surface area (Å²) in [6.45, 7) is 1.22. The molecule has 0 atom stereocenters. The summed E-state index contributed by atoms with van der Waals surface area (Å²) in [7, 11) is 0. The van der Waals surface area contributed by atoms with Crippen LogP contribution in [-0.4, -0.2) is 23.4 Å². The van der Waals surface area contributed by atoms with Crippen LogP contribution in [0.1, 0.15) is 12.7 Å². The molecule has 0 amide bonds. The summed E-state index contributed by atoms with van der Waals surface area (Å²) < 4.78 is 6.52. The van der Waals surface area contributed by atoms with Crippen molar-refractivity contribution in [2.45, 2.75) is 6.92 Å². The lowest BCUT2D eigenvalue weighted by Gasteiger charge is -1.96. The minimum absolute atomic E-state index is 0.469. The number of halogens is 1. The first-order valence-corrected chi connectivity index (χ1v) is 5.93. The Hall–Kier alpha value is -1.82. The molecular formula is C12H10BrNO4. The Kier molecular flexibility index (Phi) is 3.66. The molecule has 0 bridgehead atoms. The van der Waals surface area contributed by atoms with Gasteiger partial charge in [-0.3, -0.25) is 0 Å². The van der Waals surface area contributed by atoms with Gasteiger partial charge in [0.05, 0.1) is 0 Å². The van der Waals surface area contributed by atoms with Crippen LogP contribution in [0.5, 0.6) is 0 Å². The molecule has 0 saturated heterocycles. The molecule has 5 nitrogen and oxygen atoms in total. The molecule has 94 valence electrons. The number of hydrogen-bond donors (Lipinski definition) is 1. The standard InChI is InChI=1S/C12H10BrNO4/c1-7(14-17-6-12(15)16)11-5-8-4-9(13)2-3-10(8)18-11/h2-5H,6H2,1H3,(H,15,16). The molecule has 6 heteroatoms. The molecule has 1 aromatic heterocycles. The van der Waals surface area contributed by atoms with E-state index in [0.717, 1.165) is 15.4 Å². The summed E-state index contributed by atoms with van der Waals surface area (Å²) in [5.41, 5.74) is 1.23. The van der Waals surface area contributed by atoms with Crippen molar-refractivity contribution < 1.29 is 19.2 Å². The van der Waals surface area contributed by atoms with Crippen LogP contribution in [0.4, 0.5) is 0 Å². The first-order valence-electron chi connectivity index (χ1n) is 5.14. The van der Waals surface area contributed by atoms with Crippen LogP contribution in [0, 0.1) is 0 Å². The summed E-state index contributed by atoms with van der Waals surface area (Å²) in [5.74, 6) is -0.520. The van der Waals surface area contributed by atoms with E-state index in [1.165, 1.54) is 0 Å². The van der Waals surface area contributed by atoms with Crippen molar-refractivity contribution in [3.63, 3.8) is 0 Å². The van der Waals surface area contributed by atoms with Gasteiger partial charge in [-0.1, -0.05) is 21.1 Å². The SMILES string of the molecule is CC(=NOCC(=O)O)c1cc2cc(Br)ccc2o1. The number of carbonyl (C=O) groups is 1. The van der Waals surface area contributed by atoms with Crippen molar-refractivity contribution in [1.82, 2.24) is 0 Å². The highest BCUT2D eigenvalue weighted by Gasteiger charge is 2.07. The smallest absolute Gasteiger partial charge is 0.344 e. The fourth-order valence-corrected chi connectivity index (χ4v) is 1.80. The van der Waals surface area contributed by atoms with E-state index in [4.69, 9.17) is 9.52 Å². The lowest BCUT2D eigenvalue weighted by Crippen LogP contribution is -2.05. The van der Waals surface area contributed by atoms with Gasteiger partial charge in [0.2, 0.25) is 6.61 Å². The maximum Gasteiger partial charge on any atom is 0.344 e. The van der Waals surface area contributed by atoms with Gasteiger partial charge in [0.25, 0.3) is 0 Å². The Bertz CT molecular complexity index is 618. The molecule has 1 N–H and O–H groups in total. The molecule has 0 unspecified atom stereocenters. The van der Waals surface area contributed by atoms with Gasteiger partial charge in [-0.05, 0) is 31.2 Å². The van der Waals surface area contributed by atoms with Crippen molar-refractivity contribution in [3.05, 3.63) is 34.5 Å². The molecule has 1 aromatic carbocycles. The number of carboxylic acids is 1. The Balaban J connectivity index is 2.22. The average molecular weight is 312 g/mol. The zero-order valence-electron chi connectivity index (χ0n) is 9.51. The summed E-state index contributed by atoms with van der Waals surface area (Å²) in [6, 6.07) is 7.47. The van der Waals surface area contributed by atoms with Gasteiger partial charge in [-0.25, -0.2) is 4.79 Å². The second kappa shape index (κ2) is 5.22. The zero-order valence-corrected chi connectivity index (χ0v) is 11.1. The summed E-state index contributed by atoms with van der Waals surface area (Å²) in [6.07, 6.45) is 0. The zero-order chi connectivity index (χ0) is 13.1. The van der Waals surface area contributed by atoms with E-state index < -0.39 is 12.6 Å². The van der Waals surface area contributed by atoms with Gasteiger partial charge < -0.3 is 14.4 Å². The highest BCUT2D eigenvalue weighted by molar-refractivity contribution is 9.10. The third-order valence-electron chi connectivity index (χ3n) is 2.22. The van der Waals surface area contributed by atoms with Crippen LogP contribution in [0.3, 0.4) is 0 Å². The highest BCUT2D eigenvalue weighted by atomic mass is 79.9. The molecule has 2 rings (SSSR count). The van der Waals surface area contributed by atoms with Crippen molar-refractivity contribution in [2.75, 3.05) is 6.61 Å². The van der Waals surface area contributed by atoms with Gasteiger partial charge >= 0.3 is 5.97 Å². The predicted molar refractivity (Wildman–Crippen MR) is 69.7 cm³/mol. The van der Waals surface area contributed by atoms with E-state index in [-0.39, 0.29) is 0 Å². The van der Waals surface area contributed by atoms with E-state index in [1.807, 2.05) is 24.3 Å². The highest BCUT2D eigenvalue weighted by Crippen LogP contribution is 2.23. The summed E-state index contributed by atoms with van der Waals surface area (Å²) in [5, 5.41) is 13.0. The Morgan fingerprint density at radius 3 is 3.00 bits per heavy atom. The van der Waals surface area contributed by atoms with Crippen molar-refractivity contribution >= 4 is 38.6 Å². The molecule has 0 aliphatic heterocycles. The van der Waals surface area contributed by atoms with Crippen LogP contribution in [0.15, 0.2) is 38.3 Å².